The third kappa shape index (κ3) is 6.35. The Balaban J connectivity index is 1.78. The van der Waals surface area contributed by atoms with Gasteiger partial charge in [0.05, 0.1) is 6.42 Å². The molecule has 2 aromatic rings. The molecule has 2 rings (SSSR count). The van der Waals surface area contributed by atoms with Crippen molar-refractivity contribution < 1.29 is 14.3 Å². The molecule has 0 aromatic heterocycles. The van der Waals surface area contributed by atoms with Gasteiger partial charge in [-0.15, -0.1) is 0 Å². The minimum atomic E-state index is -0.426. The van der Waals surface area contributed by atoms with Crippen LogP contribution in [0.25, 0.3) is 0 Å². The quantitative estimate of drug-likeness (QED) is 0.682. The highest BCUT2D eigenvalue weighted by atomic mass is 79.9. The summed E-state index contributed by atoms with van der Waals surface area (Å²) in [4.78, 5) is 23.7. The van der Waals surface area contributed by atoms with Crippen molar-refractivity contribution in [1.29, 1.82) is 0 Å². The van der Waals surface area contributed by atoms with Gasteiger partial charge in [0.2, 0.25) is 0 Å². The molecule has 5 heteroatoms. The summed E-state index contributed by atoms with van der Waals surface area (Å²) in [5.41, 5.74) is 2.77. The summed E-state index contributed by atoms with van der Waals surface area (Å²) < 4.78 is 5.97. The molecule has 0 unspecified atom stereocenters. The van der Waals surface area contributed by atoms with Gasteiger partial charge in [-0.3, -0.25) is 9.59 Å². The van der Waals surface area contributed by atoms with Crippen LogP contribution in [0, 0.1) is 0 Å². The highest BCUT2D eigenvalue weighted by molar-refractivity contribution is 9.10. The van der Waals surface area contributed by atoms with Crippen molar-refractivity contribution >= 4 is 33.5 Å². The molecule has 0 aliphatic rings. The predicted molar refractivity (Wildman–Crippen MR) is 103 cm³/mol. The maximum Gasteiger partial charge on any atom is 0.310 e. The van der Waals surface area contributed by atoms with E-state index in [0.717, 1.165) is 16.5 Å². The lowest BCUT2D eigenvalue weighted by atomic mass is 9.99. The fraction of sp³-hybridized carbons (Fsp3) is 0.300. The average molecular weight is 404 g/mol. The minimum Gasteiger partial charge on any atom is -0.455 e. The van der Waals surface area contributed by atoms with Crippen LogP contribution >= 0.6 is 15.9 Å². The summed E-state index contributed by atoms with van der Waals surface area (Å²) in [5, 5.41) is 2.73. The lowest BCUT2D eigenvalue weighted by molar-refractivity contribution is -0.146. The molecule has 2 aromatic carbocycles. The molecule has 0 aliphatic heterocycles. The van der Waals surface area contributed by atoms with Gasteiger partial charge in [-0.1, -0.05) is 54.0 Å². The van der Waals surface area contributed by atoms with Crippen LogP contribution in [-0.2, 0) is 20.7 Å². The maximum absolute atomic E-state index is 11.9. The second-order valence-corrected chi connectivity index (χ2v) is 6.86. The first kappa shape index (κ1) is 19.2. The van der Waals surface area contributed by atoms with E-state index in [1.54, 1.807) is 0 Å². The number of anilines is 1. The molecule has 0 fully saturated rings. The van der Waals surface area contributed by atoms with Gasteiger partial charge < -0.3 is 10.1 Å². The molecular formula is C20H22BrNO3. The van der Waals surface area contributed by atoms with Crippen molar-refractivity contribution in [1.82, 2.24) is 0 Å². The summed E-state index contributed by atoms with van der Waals surface area (Å²) in [5.74, 6) is -0.283. The Hall–Kier alpha value is -2.14. The third-order valence-electron chi connectivity index (χ3n) is 4.00. The van der Waals surface area contributed by atoms with Gasteiger partial charge in [-0.2, -0.15) is 0 Å². The van der Waals surface area contributed by atoms with Crippen molar-refractivity contribution in [3.63, 3.8) is 0 Å². The van der Waals surface area contributed by atoms with E-state index in [2.05, 4.69) is 35.1 Å². The molecule has 0 radical (unpaired) electrons. The van der Waals surface area contributed by atoms with Gasteiger partial charge in [0.25, 0.3) is 5.91 Å². The second-order valence-electron chi connectivity index (χ2n) is 5.94. The average Bonchev–Trinajstić information content (AvgIpc) is 2.62. The Morgan fingerprint density at radius 2 is 1.72 bits per heavy atom. The van der Waals surface area contributed by atoms with E-state index in [-0.39, 0.29) is 18.9 Å². The summed E-state index contributed by atoms with van der Waals surface area (Å²) in [6.07, 6.45) is 1.21. The van der Waals surface area contributed by atoms with Gasteiger partial charge in [-0.25, -0.2) is 0 Å². The largest absolute Gasteiger partial charge is 0.455 e. The molecule has 0 saturated carbocycles. The van der Waals surface area contributed by atoms with E-state index in [1.165, 1.54) is 5.56 Å². The molecule has 0 saturated heterocycles. The van der Waals surface area contributed by atoms with Crippen molar-refractivity contribution in [2.45, 2.75) is 32.6 Å². The van der Waals surface area contributed by atoms with Crippen LogP contribution in [0.1, 0.15) is 37.3 Å². The summed E-state index contributed by atoms with van der Waals surface area (Å²) in [7, 11) is 0. The van der Waals surface area contributed by atoms with Gasteiger partial charge in [0.1, 0.15) is 0 Å². The Kier molecular flexibility index (Phi) is 7.19. The summed E-state index contributed by atoms with van der Waals surface area (Å²) in [6, 6.07) is 15.1. The number of esters is 1. The standard InChI is InChI=1S/C20H22BrNO3/c1-3-14(2)16-6-10-18(11-7-16)22-19(23)13-25-20(24)12-15-4-8-17(21)9-5-15/h4-11,14H,3,12-13H2,1-2H3,(H,22,23)/t14-/m0/s1. The fourth-order valence-corrected chi connectivity index (χ4v) is 2.56. The lowest BCUT2D eigenvalue weighted by Crippen LogP contribution is -2.21. The maximum atomic E-state index is 11.9. The molecule has 0 aliphatic carbocycles. The van der Waals surface area contributed by atoms with E-state index < -0.39 is 5.97 Å². The first-order valence-electron chi connectivity index (χ1n) is 8.27. The lowest BCUT2D eigenvalue weighted by Gasteiger charge is -2.10. The van der Waals surface area contributed by atoms with Crippen molar-refractivity contribution in [2.24, 2.45) is 0 Å². The van der Waals surface area contributed by atoms with Crippen LogP contribution in [0.2, 0.25) is 0 Å². The Labute approximate surface area is 156 Å². The zero-order valence-electron chi connectivity index (χ0n) is 14.4. The molecule has 4 nitrogen and oxygen atoms in total. The van der Waals surface area contributed by atoms with Gasteiger partial charge >= 0.3 is 5.97 Å². The summed E-state index contributed by atoms with van der Waals surface area (Å²) >= 11 is 3.34. The zero-order valence-corrected chi connectivity index (χ0v) is 16.0. The van der Waals surface area contributed by atoms with Crippen LogP contribution in [0.5, 0.6) is 0 Å². The third-order valence-corrected chi connectivity index (χ3v) is 4.53. The fourth-order valence-electron chi connectivity index (χ4n) is 2.29. The SMILES string of the molecule is CC[C@H](C)c1ccc(NC(=O)COC(=O)Cc2ccc(Br)cc2)cc1. The molecule has 0 heterocycles. The number of benzene rings is 2. The number of nitrogens with one attached hydrogen (secondary N) is 1. The number of hydrogen-bond donors (Lipinski definition) is 1. The monoisotopic (exact) mass is 403 g/mol. The van der Waals surface area contributed by atoms with E-state index in [9.17, 15) is 9.59 Å². The Bertz CT molecular complexity index is 711. The Morgan fingerprint density at radius 1 is 1.08 bits per heavy atom. The first-order chi connectivity index (χ1) is 12.0. The number of ether oxygens (including phenoxy) is 1. The van der Waals surface area contributed by atoms with Crippen molar-refractivity contribution in [3.05, 3.63) is 64.1 Å². The molecule has 132 valence electrons. The molecule has 25 heavy (non-hydrogen) atoms. The van der Waals surface area contributed by atoms with Crippen molar-refractivity contribution in [3.8, 4) is 0 Å². The van der Waals surface area contributed by atoms with E-state index >= 15 is 0 Å². The highest BCUT2D eigenvalue weighted by Gasteiger charge is 2.09. The topological polar surface area (TPSA) is 55.4 Å². The Morgan fingerprint density at radius 3 is 2.32 bits per heavy atom. The van der Waals surface area contributed by atoms with Crippen LogP contribution in [0.3, 0.4) is 0 Å². The number of halogens is 1. The molecular weight excluding hydrogens is 382 g/mol. The van der Waals surface area contributed by atoms with Crippen molar-refractivity contribution in [2.75, 3.05) is 11.9 Å². The van der Waals surface area contributed by atoms with Crippen LogP contribution in [0.4, 0.5) is 5.69 Å². The zero-order chi connectivity index (χ0) is 18.2. The highest BCUT2D eigenvalue weighted by Crippen LogP contribution is 2.20. The predicted octanol–water partition coefficient (Wildman–Crippen LogP) is 4.69. The van der Waals surface area contributed by atoms with Crippen LogP contribution < -0.4 is 5.32 Å². The van der Waals surface area contributed by atoms with E-state index in [1.807, 2.05) is 48.5 Å². The first-order valence-corrected chi connectivity index (χ1v) is 9.07. The smallest absolute Gasteiger partial charge is 0.310 e. The van der Waals surface area contributed by atoms with Gasteiger partial charge in [0, 0.05) is 10.2 Å². The molecule has 1 N–H and O–H groups in total. The normalized spacial score (nSPS) is 11.6. The molecule has 1 atom stereocenters. The van der Waals surface area contributed by atoms with Crippen LogP contribution in [0.15, 0.2) is 53.0 Å². The van der Waals surface area contributed by atoms with E-state index in [4.69, 9.17) is 4.74 Å². The van der Waals surface area contributed by atoms with E-state index in [0.29, 0.717) is 11.6 Å². The molecule has 0 spiro atoms. The number of amides is 1. The molecule has 0 bridgehead atoms. The number of rotatable bonds is 7. The number of hydrogen-bond acceptors (Lipinski definition) is 3. The minimum absolute atomic E-state index is 0.143. The molecule has 1 amide bonds. The summed E-state index contributed by atoms with van der Waals surface area (Å²) in [6.45, 7) is 4.02. The van der Waals surface area contributed by atoms with Crippen LogP contribution in [-0.4, -0.2) is 18.5 Å². The van der Waals surface area contributed by atoms with Gasteiger partial charge in [-0.05, 0) is 47.7 Å². The second kappa shape index (κ2) is 9.37. The number of carbonyl (C=O) groups excluding carboxylic acids is 2. The van der Waals surface area contributed by atoms with Gasteiger partial charge in [0.15, 0.2) is 6.61 Å². The number of carbonyl (C=O) groups is 2.